The Hall–Kier alpha value is -1.91. The van der Waals surface area contributed by atoms with E-state index in [4.69, 9.17) is 9.47 Å². The predicted molar refractivity (Wildman–Crippen MR) is 80.6 cm³/mol. The van der Waals surface area contributed by atoms with Gasteiger partial charge in [-0.3, -0.25) is 4.99 Å². The molecule has 1 unspecified atom stereocenters. The lowest BCUT2D eigenvalue weighted by Gasteiger charge is -2.26. The predicted octanol–water partition coefficient (Wildman–Crippen LogP) is 1.70. The van der Waals surface area contributed by atoms with Gasteiger partial charge in [-0.1, -0.05) is 12.1 Å². The van der Waals surface area contributed by atoms with Gasteiger partial charge in [0.2, 0.25) is 0 Å². The molecule has 1 heterocycles. The second kappa shape index (κ2) is 6.50. The molecule has 1 atom stereocenters. The van der Waals surface area contributed by atoms with E-state index in [9.17, 15) is 0 Å². The molecule has 0 N–H and O–H groups in total. The lowest BCUT2D eigenvalue weighted by atomic mass is 10.2. The summed E-state index contributed by atoms with van der Waals surface area (Å²) in [6, 6.07) is 7.78. The molecule has 0 saturated heterocycles. The smallest absolute Gasteiger partial charge is 0.195 e. The van der Waals surface area contributed by atoms with Gasteiger partial charge in [0.15, 0.2) is 17.5 Å². The Morgan fingerprint density at radius 2 is 1.80 bits per heavy atom. The van der Waals surface area contributed by atoms with E-state index in [0.717, 1.165) is 30.4 Å². The Morgan fingerprint density at radius 1 is 1.15 bits per heavy atom. The number of nitrogens with zero attached hydrogens (tertiary/aromatic N) is 3. The zero-order valence-electron chi connectivity index (χ0n) is 12.7. The number of rotatable bonds is 3. The van der Waals surface area contributed by atoms with E-state index in [1.165, 1.54) is 0 Å². The van der Waals surface area contributed by atoms with Gasteiger partial charge in [-0.2, -0.15) is 0 Å². The van der Waals surface area contributed by atoms with Gasteiger partial charge in [0.25, 0.3) is 0 Å². The number of aliphatic imine (C=N–C) groups is 1. The van der Waals surface area contributed by atoms with Crippen LogP contribution in [0.4, 0.5) is 0 Å². The van der Waals surface area contributed by atoms with Crippen molar-refractivity contribution in [2.75, 3.05) is 41.3 Å². The molecular formula is C15H23N3O2. The van der Waals surface area contributed by atoms with Gasteiger partial charge in [0.05, 0.1) is 0 Å². The van der Waals surface area contributed by atoms with Crippen LogP contribution in [0.3, 0.4) is 0 Å². The number of hydrogen-bond donors (Lipinski definition) is 0. The standard InChI is InChI=1S/C15H23N3O2/c1-17(2)15(18(3)4)16-10-9-12-11-19-13-7-5-6-8-14(13)20-12/h5-8,12H,9-11H2,1-4H3. The maximum absolute atomic E-state index is 5.91. The third kappa shape index (κ3) is 3.56. The average molecular weight is 277 g/mol. The van der Waals surface area contributed by atoms with E-state index < -0.39 is 0 Å². The van der Waals surface area contributed by atoms with Gasteiger partial charge in [-0.15, -0.1) is 0 Å². The summed E-state index contributed by atoms with van der Waals surface area (Å²) < 4.78 is 11.6. The summed E-state index contributed by atoms with van der Waals surface area (Å²) in [7, 11) is 7.98. The molecule has 0 fully saturated rings. The minimum absolute atomic E-state index is 0.0687. The molecule has 110 valence electrons. The molecule has 0 spiro atoms. The van der Waals surface area contributed by atoms with Crippen molar-refractivity contribution in [1.82, 2.24) is 9.80 Å². The average Bonchev–Trinajstić information content (AvgIpc) is 2.42. The quantitative estimate of drug-likeness (QED) is 0.622. The monoisotopic (exact) mass is 277 g/mol. The molecule has 0 aliphatic carbocycles. The van der Waals surface area contributed by atoms with Crippen molar-refractivity contribution >= 4 is 5.96 Å². The van der Waals surface area contributed by atoms with E-state index in [1.54, 1.807) is 0 Å². The third-order valence-electron chi connectivity index (χ3n) is 3.07. The second-order valence-corrected chi connectivity index (χ2v) is 5.26. The second-order valence-electron chi connectivity index (χ2n) is 5.26. The molecule has 1 aromatic carbocycles. The Bertz CT molecular complexity index is 462. The number of hydrogen-bond acceptors (Lipinski definition) is 3. The first-order valence-electron chi connectivity index (χ1n) is 6.85. The van der Waals surface area contributed by atoms with Crippen LogP contribution in [0.1, 0.15) is 6.42 Å². The zero-order chi connectivity index (χ0) is 14.5. The molecule has 0 radical (unpaired) electrons. The lowest BCUT2D eigenvalue weighted by Crippen LogP contribution is -2.36. The SMILES string of the molecule is CN(C)C(=NCCC1COc2ccccc2O1)N(C)C. The first-order valence-corrected chi connectivity index (χ1v) is 6.85. The van der Waals surface area contributed by atoms with Crippen molar-refractivity contribution in [3.05, 3.63) is 24.3 Å². The fourth-order valence-corrected chi connectivity index (χ4v) is 2.20. The summed E-state index contributed by atoms with van der Waals surface area (Å²) in [5.74, 6) is 2.62. The van der Waals surface area contributed by atoms with Gasteiger partial charge in [-0.05, 0) is 12.1 Å². The van der Waals surface area contributed by atoms with E-state index in [0.29, 0.717) is 6.61 Å². The topological polar surface area (TPSA) is 37.3 Å². The maximum Gasteiger partial charge on any atom is 0.195 e. The normalized spacial score (nSPS) is 16.5. The molecular weight excluding hydrogens is 254 g/mol. The molecule has 0 aromatic heterocycles. The Kier molecular flexibility index (Phi) is 4.71. The fraction of sp³-hybridized carbons (Fsp3) is 0.533. The molecule has 1 aliphatic heterocycles. The van der Waals surface area contributed by atoms with Crippen LogP contribution < -0.4 is 9.47 Å². The van der Waals surface area contributed by atoms with Gasteiger partial charge >= 0.3 is 0 Å². The molecule has 0 saturated carbocycles. The van der Waals surface area contributed by atoms with Crippen LogP contribution in [-0.2, 0) is 0 Å². The van der Waals surface area contributed by atoms with Crippen molar-refractivity contribution in [3.63, 3.8) is 0 Å². The highest BCUT2D eigenvalue weighted by Gasteiger charge is 2.20. The molecule has 20 heavy (non-hydrogen) atoms. The van der Waals surface area contributed by atoms with Crippen LogP contribution in [0, 0.1) is 0 Å². The largest absolute Gasteiger partial charge is 0.486 e. The van der Waals surface area contributed by atoms with Gasteiger partial charge in [0.1, 0.15) is 12.7 Å². The van der Waals surface area contributed by atoms with Crippen LogP contribution in [0.25, 0.3) is 0 Å². The summed E-state index contributed by atoms with van der Waals surface area (Å²) in [6.07, 6.45) is 0.915. The van der Waals surface area contributed by atoms with Crippen LogP contribution in [-0.4, -0.2) is 63.2 Å². The molecule has 5 nitrogen and oxygen atoms in total. The molecule has 2 rings (SSSR count). The maximum atomic E-state index is 5.91. The summed E-state index contributed by atoms with van der Waals surface area (Å²) in [6.45, 7) is 1.31. The number of fused-ring (bicyclic) bond motifs is 1. The highest BCUT2D eigenvalue weighted by atomic mass is 16.6. The van der Waals surface area contributed by atoms with Crippen molar-refractivity contribution in [1.29, 1.82) is 0 Å². The van der Waals surface area contributed by atoms with Crippen LogP contribution in [0.15, 0.2) is 29.3 Å². The summed E-state index contributed by atoms with van der Waals surface area (Å²) in [5, 5.41) is 0. The van der Waals surface area contributed by atoms with E-state index >= 15 is 0 Å². The summed E-state index contributed by atoms with van der Waals surface area (Å²) >= 11 is 0. The van der Waals surface area contributed by atoms with Crippen LogP contribution in [0.2, 0.25) is 0 Å². The summed E-state index contributed by atoms with van der Waals surface area (Å²) in [4.78, 5) is 8.62. The van der Waals surface area contributed by atoms with Crippen LogP contribution >= 0.6 is 0 Å². The summed E-state index contributed by atoms with van der Waals surface area (Å²) in [5.41, 5.74) is 0. The number of ether oxygens (including phenoxy) is 2. The highest BCUT2D eigenvalue weighted by molar-refractivity contribution is 5.79. The first-order chi connectivity index (χ1) is 9.58. The fourth-order valence-electron chi connectivity index (χ4n) is 2.20. The van der Waals surface area contributed by atoms with Gasteiger partial charge < -0.3 is 19.3 Å². The number of para-hydroxylation sites is 2. The lowest BCUT2D eigenvalue weighted by molar-refractivity contribution is 0.0866. The van der Waals surface area contributed by atoms with Crippen molar-refractivity contribution in [2.45, 2.75) is 12.5 Å². The Labute approximate surface area is 120 Å². The Morgan fingerprint density at radius 3 is 2.45 bits per heavy atom. The molecule has 1 aromatic rings. The molecule has 0 amide bonds. The number of guanidine groups is 1. The zero-order valence-corrected chi connectivity index (χ0v) is 12.7. The first kappa shape index (κ1) is 14.5. The van der Waals surface area contributed by atoms with Crippen molar-refractivity contribution in [2.24, 2.45) is 4.99 Å². The minimum atomic E-state index is 0.0687. The van der Waals surface area contributed by atoms with Gasteiger partial charge in [-0.25, -0.2) is 0 Å². The van der Waals surface area contributed by atoms with Gasteiger partial charge in [0, 0.05) is 41.2 Å². The van der Waals surface area contributed by atoms with E-state index in [2.05, 4.69) is 4.99 Å². The molecule has 1 aliphatic rings. The molecule has 0 bridgehead atoms. The van der Waals surface area contributed by atoms with Crippen LogP contribution in [0.5, 0.6) is 11.5 Å². The Balaban J connectivity index is 1.88. The molecule has 5 heteroatoms. The van der Waals surface area contributed by atoms with Crippen molar-refractivity contribution in [3.8, 4) is 11.5 Å². The highest BCUT2D eigenvalue weighted by Crippen LogP contribution is 2.31. The minimum Gasteiger partial charge on any atom is -0.486 e. The van der Waals surface area contributed by atoms with E-state index in [1.807, 2.05) is 62.3 Å². The number of benzene rings is 1. The van der Waals surface area contributed by atoms with Crippen molar-refractivity contribution < 1.29 is 9.47 Å². The van der Waals surface area contributed by atoms with E-state index in [-0.39, 0.29) is 6.10 Å². The third-order valence-corrected chi connectivity index (χ3v) is 3.07.